The number of nitrogens with zero attached hydrogens (tertiary/aromatic N) is 2. The molecule has 0 aromatic carbocycles. The highest BCUT2D eigenvalue weighted by atomic mass is 16.6. The lowest BCUT2D eigenvalue weighted by atomic mass is 10.1. The number of nitrogen functional groups attached to an aromatic ring is 1. The first-order valence-corrected chi connectivity index (χ1v) is 5.84. The van der Waals surface area contributed by atoms with Crippen molar-refractivity contribution in [3.8, 4) is 0 Å². The molecule has 0 amide bonds. The first-order chi connectivity index (χ1) is 9.49. The number of carbonyl (C=O) groups is 1. The molecule has 0 aliphatic carbocycles. The van der Waals surface area contributed by atoms with E-state index >= 15 is 0 Å². The van der Waals surface area contributed by atoms with Crippen LogP contribution in [0.2, 0.25) is 0 Å². The molecule has 4 N–H and O–H groups in total. The molecule has 9 nitrogen and oxygen atoms in total. The SMILES string of the molecule is COC[C@H]1O[C@@H](n2cc(C=O)c(N)nc2=O)[C@@H](O)[C@@H]1O. The number of methoxy groups -OCH3 is 1. The fourth-order valence-electron chi connectivity index (χ4n) is 2.03. The minimum absolute atomic E-state index is 0.00918. The van der Waals surface area contributed by atoms with Gasteiger partial charge in [-0.1, -0.05) is 0 Å². The number of aldehydes is 1. The van der Waals surface area contributed by atoms with Crippen molar-refractivity contribution in [3.05, 3.63) is 22.2 Å². The van der Waals surface area contributed by atoms with Crippen molar-refractivity contribution in [2.75, 3.05) is 19.5 Å². The van der Waals surface area contributed by atoms with Crippen LogP contribution < -0.4 is 11.4 Å². The van der Waals surface area contributed by atoms with Crippen LogP contribution in [0.4, 0.5) is 5.82 Å². The van der Waals surface area contributed by atoms with E-state index in [1.54, 1.807) is 0 Å². The predicted octanol–water partition coefficient (Wildman–Crippen LogP) is -2.10. The highest BCUT2D eigenvalue weighted by molar-refractivity contribution is 5.80. The zero-order valence-corrected chi connectivity index (χ0v) is 10.7. The molecule has 1 aliphatic heterocycles. The molecule has 2 rings (SSSR count). The van der Waals surface area contributed by atoms with Crippen molar-refractivity contribution >= 4 is 12.1 Å². The van der Waals surface area contributed by atoms with Gasteiger partial charge in [0.15, 0.2) is 12.5 Å². The zero-order chi connectivity index (χ0) is 14.9. The normalized spacial score (nSPS) is 29.6. The summed E-state index contributed by atoms with van der Waals surface area (Å²) in [6, 6.07) is 0. The smallest absolute Gasteiger partial charge is 0.351 e. The quantitative estimate of drug-likeness (QED) is 0.535. The Kier molecular flexibility index (Phi) is 4.14. The summed E-state index contributed by atoms with van der Waals surface area (Å²) in [6.07, 6.45) is -2.95. The van der Waals surface area contributed by atoms with E-state index in [4.69, 9.17) is 15.2 Å². The third-order valence-electron chi connectivity index (χ3n) is 3.08. The number of anilines is 1. The van der Waals surface area contributed by atoms with Gasteiger partial charge >= 0.3 is 5.69 Å². The molecule has 0 unspecified atom stereocenters. The van der Waals surface area contributed by atoms with Gasteiger partial charge in [0.1, 0.15) is 24.1 Å². The second kappa shape index (κ2) is 5.67. The number of hydrogen-bond acceptors (Lipinski definition) is 8. The van der Waals surface area contributed by atoms with Crippen molar-refractivity contribution in [3.63, 3.8) is 0 Å². The molecule has 1 aliphatic rings. The number of aromatic nitrogens is 2. The van der Waals surface area contributed by atoms with Gasteiger partial charge in [0.25, 0.3) is 0 Å². The molecule has 0 radical (unpaired) electrons. The summed E-state index contributed by atoms with van der Waals surface area (Å²) < 4.78 is 11.1. The predicted molar refractivity (Wildman–Crippen MR) is 66.1 cm³/mol. The van der Waals surface area contributed by atoms with Gasteiger partial charge in [0.05, 0.1) is 12.2 Å². The Balaban J connectivity index is 2.37. The average Bonchev–Trinajstić information content (AvgIpc) is 2.68. The molecule has 1 fully saturated rings. The molecule has 110 valence electrons. The summed E-state index contributed by atoms with van der Waals surface area (Å²) in [7, 11) is 1.41. The number of nitrogens with two attached hydrogens (primary N) is 1. The standard InChI is InChI=1S/C11H15N3O6/c1-19-4-6-7(16)8(17)10(20-6)14-2-5(3-15)9(12)13-11(14)18/h2-3,6-8,10,16-17H,4H2,1H3,(H2,12,13,18)/t6-,7-,8+,10-/m1/s1. The van der Waals surface area contributed by atoms with Gasteiger partial charge in [-0.15, -0.1) is 0 Å². The van der Waals surface area contributed by atoms with Crippen LogP contribution in [0.1, 0.15) is 16.6 Å². The van der Waals surface area contributed by atoms with Crippen LogP contribution in [0.3, 0.4) is 0 Å². The van der Waals surface area contributed by atoms with Crippen LogP contribution in [0.15, 0.2) is 11.0 Å². The van der Waals surface area contributed by atoms with Crippen molar-refractivity contribution in [1.82, 2.24) is 9.55 Å². The molecule has 20 heavy (non-hydrogen) atoms. The van der Waals surface area contributed by atoms with Crippen molar-refractivity contribution in [2.24, 2.45) is 0 Å². The molecular weight excluding hydrogens is 270 g/mol. The molecule has 0 spiro atoms. The highest BCUT2D eigenvalue weighted by Gasteiger charge is 2.44. The monoisotopic (exact) mass is 285 g/mol. The van der Waals surface area contributed by atoms with Crippen LogP contribution in [0.5, 0.6) is 0 Å². The minimum Gasteiger partial charge on any atom is -0.387 e. The van der Waals surface area contributed by atoms with E-state index in [1.165, 1.54) is 7.11 Å². The molecule has 0 saturated carbocycles. The Morgan fingerprint density at radius 2 is 2.25 bits per heavy atom. The second-order valence-electron chi connectivity index (χ2n) is 4.39. The second-order valence-corrected chi connectivity index (χ2v) is 4.39. The van der Waals surface area contributed by atoms with E-state index in [-0.39, 0.29) is 18.0 Å². The summed E-state index contributed by atoms with van der Waals surface area (Å²) in [5, 5.41) is 19.7. The summed E-state index contributed by atoms with van der Waals surface area (Å²) in [5.41, 5.74) is 4.61. The van der Waals surface area contributed by atoms with Crippen LogP contribution in [-0.2, 0) is 9.47 Å². The number of rotatable bonds is 4. The Morgan fingerprint density at radius 1 is 1.55 bits per heavy atom. The van der Waals surface area contributed by atoms with Crippen molar-refractivity contribution < 1.29 is 24.5 Å². The number of carbonyl (C=O) groups excluding carboxylic acids is 1. The first kappa shape index (κ1) is 14.6. The highest BCUT2D eigenvalue weighted by Crippen LogP contribution is 2.28. The Bertz CT molecular complexity index is 560. The van der Waals surface area contributed by atoms with Gasteiger partial charge in [0, 0.05) is 13.3 Å². The van der Waals surface area contributed by atoms with Crippen LogP contribution >= 0.6 is 0 Å². The van der Waals surface area contributed by atoms with E-state index in [9.17, 15) is 19.8 Å². The van der Waals surface area contributed by atoms with E-state index in [2.05, 4.69) is 4.98 Å². The van der Waals surface area contributed by atoms with Gasteiger partial charge in [-0.3, -0.25) is 9.36 Å². The maximum Gasteiger partial charge on any atom is 0.351 e. The summed E-state index contributed by atoms with van der Waals surface area (Å²) >= 11 is 0. The zero-order valence-electron chi connectivity index (χ0n) is 10.7. The van der Waals surface area contributed by atoms with Gasteiger partial charge in [0.2, 0.25) is 0 Å². The van der Waals surface area contributed by atoms with Crippen LogP contribution in [0, 0.1) is 0 Å². The maximum absolute atomic E-state index is 11.8. The Labute approximate surface area is 113 Å². The molecule has 9 heteroatoms. The molecule has 1 saturated heterocycles. The molecule has 1 aromatic heterocycles. The fourth-order valence-corrected chi connectivity index (χ4v) is 2.03. The lowest BCUT2D eigenvalue weighted by Crippen LogP contribution is -2.36. The summed E-state index contributed by atoms with van der Waals surface area (Å²) in [4.78, 5) is 26.0. The third kappa shape index (κ3) is 2.43. The van der Waals surface area contributed by atoms with E-state index < -0.39 is 30.2 Å². The lowest BCUT2D eigenvalue weighted by Gasteiger charge is -2.17. The number of aliphatic hydroxyl groups is 2. The Hall–Kier alpha value is -1.81. The van der Waals surface area contributed by atoms with Gasteiger partial charge in [-0.05, 0) is 0 Å². The van der Waals surface area contributed by atoms with Crippen LogP contribution in [-0.4, -0.2) is 58.1 Å². The van der Waals surface area contributed by atoms with Crippen molar-refractivity contribution in [2.45, 2.75) is 24.5 Å². The van der Waals surface area contributed by atoms with Gasteiger partial charge in [-0.25, -0.2) is 4.79 Å². The Morgan fingerprint density at radius 3 is 2.85 bits per heavy atom. The number of aliphatic hydroxyl groups excluding tert-OH is 2. The topological polar surface area (TPSA) is 137 Å². The van der Waals surface area contributed by atoms with Gasteiger partial charge in [-0.2, -0.15) is 4.98 Å². The lowest BCUT2D eigenvalue weighted by molar-refractivity contribution is -0.0614. The summed E-state index contributed by atoms with van der Waals surface area (Å²) in [6.45, 7) is 0.0480. The maximum atomic E-state index is 11.8. The third-order valence-corrected chi connectivity index (χ3v) is 3.08. The number of hydrogen-bond donors (Lipinski definition) is 3. The molecular formula is C11H15N3O6. The minimum atomic E-state index is -1.35. The van der Waals surface area contributed by atoms with E-state index in [1.807, 2.05) is 0 Å². The fraction of sp³-hybridized carbons (Fsp3) is 0.545. The molecule has 4 atom stereocenters. The first-order valence-electron chi connectivity index (χ1n) is 5.84. The van der Waals surface area contributed by atoms with Crippen LogP contribution in [0.25, 0.3) is 0 Å². The van der Waals surface area contributed by atoms with Crippen molar-refractivity contribution in [1.29, 1.82) is 0 Å². The number of ether oxygens (including phenoxy) is 2. The molecule has 1 aromatic rings. The summed E-state index contributed by atoms with van der Waals surface area (Å²) in [5.74, 6) is -0.206. The van der Waals surface area contributed by atoms with E-state index in [0.717, 1.165) is 10.8 Å². The molecule has 2 heterocycles. The molecule has 0 bridgehead atoms. The van der Waals surface area contributed by atoms with Gasteiger partial charge < -0.3 is 25.4 Å². The largest absolute Gasteiger partial charge is 0.387 e. The van der Waals surface area contributed by atoms with E-state index in [0.29, 0.717) is 6.29 Å². The average molecular weight is 285 g/mol.